The first kappa shape index (κ1) is 18.0. The molecular formula is C20H20F2N2O2. The van der Waals surface area contributed by atoms with Crippen molar-refractivity contribution >= 4 is 11.6 Å². The lowest BCUT2D eigenvalue weighted by atomic mass is 9.95. The third-order valence-electron chi connectivity index (χ3n) is 4.37. The van der Waals surface area contributed by atoms with E-state index in [1.54, 1.807) is 37.3 Å². The molecule has 0 saturated carbocycles. The van der Waals surface area contributed by atoms with Gasteiger partial charge in [-0.1, -0.05) is 35.5 Å². The Labute approximate surface area is 150 Å². The largest absolute Gasteiger partial charge is 0.379 e. The van der Waals surface area contributed by atoms with E-state index in [0.29, 0.717) is 36.2 Å². The molecular weight excluding hydrogens is 338 g/mol. The molecule has 2 aromatic carbocycles. The highest BCUT2D eigenvalue weighted by Gasteiger charge is 2.42. The van der Waals surface area contributed by atoms with Crippen LogP contribution in [0.3, 0.4) is 0 Å². The van der Waals surface area contributed by atoms with Gasteiger partial charge >= 0.3 is 0 Å². The molecule has 1 atom stereocenters. The van der Waals surface area contributed by atoms with Gasteiger partial charge in [-0.25, -0.2) is 8.78 Å². The summed E-state index contributed by atoms with van der Waals surface area (Å²) < 4.78 is 26.9. The first-order valence-electron chi connectivity index (χ1n) is 8.51. The molecule has 1 aliphatic heterocycles. The summed E-state index contributed by atoms with van der Waals surface area (Å²) in [6.07, 6.45) is 1.41. The van der Waals surface area contributed by atoms with E-state index in [1.165, 1.54) is 18.2 Å². The van der Waals surface area contributed by atoms with Crippen molar-refractivity contribution in [3.05, 3.63) is 71.3 Å². The van der Waals surface area contributed by atoms with Gasteiger partial charge in [0.1, 0.15) is 11.6 Å². The van der Waals surface area contributed by atoms with Gasteiger partial charge in [0.2, 0.25) is 5.60 Å². The maximum Gasteiger partial charge on any atom is 0.267 e. The number of benzene rings is 2. The SMILES string of the molecule is CC1(C(=O)NCCCc2ccccc2F)CC(c2cccc(F)c2)=NO1. The lowest BCUT2D eigenvalue weighted by molar-refractivity contribution is -0.141. The van der Waals surface area contributed by atoms with Crippen molar-refractivity contribution in [3.63, 3.8) is 0 Å². The van der Waals surface area contributed by atoms with Crippen LogP contribution < -0.4 is 5.32 Å². The van der Waals surface area contributed by atoms with Gasteiger partial charge < -0.3 is 10.2 Å². The van der Waals surface area contributed by atoms with Crippen LogP contribution in [0.2, 0.25) is 0 Å². The third kappa shape index (κ3) is 4.07. The van der Waals surface area contributed by atoms with Crippen molar-refractivity contribution in [2.45, 2.75) is 31.8 Å². The van der Waals surface area contributed by atoms with Crippen molar-refractivity contribution in [2.75, 3.05) is 6.54 Å². The number of hydrogen-bond acceptors (Lipinski definition) is 3. The fraction of sp³-hybridized carbons (Fsp3) is 0.300. The molecule has 1 amide bonds. The molecule has 0 bridgehead atoms. The highest BCUT2D eigenvalue weighted by molar-refractivity contribution is 6.05. The van der Waals surface area contributed by atoms with Gasteiger partial charge in [-0.3, -0.25) is 4.79 Å². The lowest BCUT2D eigenvalue weighted by Crippen LogP contribution is -2.45. The second-order valence-electron chi connectivity index (χ2n) is 6.50. The molecule has 0 radical (unpaired) electrons. The Morgan fingerprint density at radius 2 is 2.04 bits per heavy atom. The van der Waals surface area contributed by atoms with Crippen LogP contribution in [0.1, 0.15) is 30.9 Å². The Bertz CT molecular complexity index is 838. The predicted molar refractivity (Wildman–Crippen MR) is 94.8 cm³/mol. The van der Waals surface area contributed by atoms with E-state index >= 15 is 0 Å². The monoisotopic (exact) mass is 358 g/mol. The summed E-state index contributed by atoms with van der Waals surface area (Å²) in [7, 11) is 0. The first-order chi connectivity index (χ1) is 12.5. The summed E-state index contributed by atoms with van der Waals surface area (Å²) in [6, 6.07) is 12.6. The second kappa shape index (κ2) is 7.64. The fourth-order valence-corrected chi connectivity index (χ4v) is 2.85. The van der Waals surface area contributed by atoms with Gasteiger partial charge in [0.15, 0.2) is 0 Å². The number of nitrogens with zero attached hydrogens (tertiary/aromatic N) is 1. The number of nitrogens with one attached hydrogen (secondary N) is 1. The van der Waals surface area contributed by atoms with Crippen LogP contribution in [0, 0.1) is 11.6 Å². The summed E-state index contributed by atoms with van der Waals surface area (Å²) in [5.74, 6) is -0.893. The molecule has 6 heteroatoms. The predicted octanol–water partition coefficient (Wildman–Crippen LogP) is 3.60. The minimum atomic E-state index is -1.13. The number of oxime groups is 1. The van der Waals surface area contributed by atoms with Crippen LogP contribution in [0.4, 0.5) is 8.78 Å². The van der Waals surface area contributed by atoms with Gasteiger partial charge in [0.25, 0.3) is 5.91 Å². The highest BCUT2D eigenvalue weighted by atomic mass is 19.1. The summed E-state index contributed by atoms with van der Waals surface area (Å²) in [5.41, 5.74) is 0.635. The molecule has 3 rings (SSSR count). The summed E-state index contributed by atoms with van der Waals surface area (Å²) in [6.45, 7) is 2.05. The van der Waals surface area contributed by atoms with Crippen LogP contribution in [0.5, 0.6) is 0 Å². The topological polar surface area (TPSA) is 50.7 Å². The average Bonchev–Trinajstić information content (AvgIpc) is 3.04. The van der Waals surface area contributed by atoms with E-state index in [2.05, 4.69) is 10.5 Å². The number of aryl methyl sites for hydroxylation is 1. The molecule has 1 N–H and O–H groups in total. The summed E-state index contributed by atoms with van der Waals surface area (Å²) in [5, 5.41) is 6.75. The zero-order valence-electron chi connectivity index (χ0n) is 14.5. The van der Waals surface area contributed by atoms with Crippen molar-refractivity contribution in [1.29, 1.82) is 0 Å². The van der Waals surface area contributed by atoms with Gasteiger partial charge in [-0.2, -0.15) is 0 Å². The smallest absolute Gasteiger partial charge is 0.267 e. The van der Waals surface area contributed by atoms with Crippen molar-refractivity contribution in [1.82, 2.24) is 5.32 Å². The standard InChI is InChI=1S/C20H20F2N2O2/c1-20(13-18(24-26-20)15-7-4-9-16(21)12-15)19(25)23-11-5-8-14-6-2-3-10-17(14)22/h2-4,6-7,9-10,12H,5,8,11,13H2,1H3,(H,23,25). The maximum atomic E-state index is 13.6. The molecule has 0 aliphatic carbocycles. The molecule has 1 unspecified atom stereocenters. The van der Waals surface area contributed by atoms with E-state index in [4.69, 9.17) is 4.84 Å². The van der Waals surface area contributed by atoms with E-state index < -0.39 is 5.60 Å². The Morgan fingerprint density at radius 1 is 1.23 bits per heavy atom. The Morgan fingerprint density at radius 3 is 2.81 bits per heavy atom. The average molecular weight is 358 g/mol. The zero-order valence-corrected chi connectivity index (χ0v) is 14.5. The number of amides is 1. The fourth-order valence-electron chi connectivity index (χ4n) is 2.85. The minimum absolute atomic E-state index is 0.238. The molecule has 1 aliphatic rings. The van der Waals surface area contributed by atoms with E-state index in [1.807, 2.05) is 0 Å². The lowest BCUT2D eigenvalue weighted by Gasteiger charge is -2.20. The van der Waals surface area contributed by atoms with Crippen LogP contribution in [-0.4, -0.2) is 23.8 Å². The van der Waals surface area contributed by atoms with Crippen LogP contribution in [0.15, 0.2) is 53.7 Å². The molecule has 0 saturated heterocycles. The maximum absolute atomic E-state index is 13.6. The van der Waals surface area contributed by atoms with Gasteiger partial charge in [-0.15, -0.1) is 0 Å². The molecule has 0 fully saturated rings. The quantitative estimate of drug-likeness (QED) is 0.802. The van der Waals surface area contributed by atoms with Crippen molar-refractivity contribution < 1.29 is 18.4 Å². The first-order valence-corrected chi connectivity index (χ1v) is 8.51. The highest BCUT2D eigenvalue weighted by Crippen LogP contribution is 2.27. The number of rotatable bonds is 6. The zero-order chi connectivity index (χ0) is 18.6. The summed E-state index contributed by atoms with van der Waals surface area (Å²) in [4.78, 5) is 17.8. The Kier molecular flexibility index (Phi) is 5.30. The van der Waals surface area contributed by atoms with Crippen molar-refractivity contribution in [2.24, 2.45) is 5.16 Å². The van der Waals surface area contributed by atoms with Crippen molar-refractivity contribution in [3.8, 4) is 0 Å². The Balaban J connectivity index is 1.50. The van der Waals surface area contributed by atoms with Crippen LogP contribution >= 0.6 is 0 Å². The second-order valence-corrected chi connectivity index (χ2v) is 6.50. The normalized spacial score (nSPS) is 19.0. The van der Waals surface area contributed by atoms with Gasteiger partial charge in [0.05, 0.1) is 5.71 Å². The number of halogens is 2. The Hall–Kier alpha value is -2.76. The third-order valence-corrected chi connectivity index (χ3v) is 4.37. The van der Waals surface area contributed by atoms with E-state index in [-0.39, 0.29) is 24.0 Å². The number of carbonyl (C=O) groups is 1. The van der Waals surface area contributed by atoms with Crippen LogP contribution in [0.25, 0.3) is 0 Å². The van der Waals surface area contributed by atoms with E-state index in [0.717, 1.165) is 0 Å². The molecule has 1 heterocycles. The van der Waals surface area contributed by atoms with Crippen LogP contribution in [-0.2, 0) is 16.1 Å². The van der Waals surface area contributed by atoms with E-state index in [9.17, 15) is 13.6 Å². The van der Waals surface area contributed by atoms with Gasteiger partial charge in [0, 0.05) is 18.5 Å². The van der Waals surface area contributed by atoms with Gasteiger partial charge in [-0.05, 0) is 43.5 Å². The molecule has 136 valence electrons. The molecule has 0 spiro atoms. The minimum Gasteiger partial charge on any atom is -0.379 e. The molecule has 4 nitrogen and oxygen atoms in total. The summed E-state index contributed by atoms with van der Waals surface area (Å²) >= 11 is 0. The number of hydrogen-bond donors (Lipinski definition) is 1. The molecule has 2 aromatic rings. The number of carbonyl (C=O) groups excluding carboxylic acids is 1. The molecule has 26 heavy (non-hydrogen) atoms. The molecule has 0 aromatic heterocycles.